The van der Waals surface area contributed by atoms with Gasteiger partial charge in [0.05, 0.1) is 21.8 Å². The van der Waals surface area contributed by atoms with Gasteiger partial charge < -0.3 is 4.74 Å². The van der Waals surface area contributed by atoms with E-state index in [0.717, 1.165) is 0 Å². The Morgan fingerprint density at radius 3 is 2.17 bits per heavy atom. The van der Waals surface area contributed by atoms with E-state index in [1.165, 1.54) is 24.4 Å². The lowest BCUT2D eigenvalue weighted by Gasteiger charge is -2.09. The van der Waals surface area contributed by atoms with Crippen LogP contribution in [0.4, 0.5) is 0 Å². The van der Waals surface area contributed by atoms with Crippen molar-refractivity contribution in [1.82, 2.24) is 5.43 Å². The number of carbonyl (C=O) groups excluding carboxylic acids is 2. The van der Waals surface area contributed by atoms with Crippen molar-refractivity contribution in [3.05, 3.63) is 98.5 Å². The van der Waals surface area contributed by atoms with E-state index in [-0.39, 0.29) is 15.8 Å². The summed E-state index contributed by atoms with van der Waals surface area (Å²) in [6, 6.07) is 17.9. The molecule has 0 aliphatic heterocycles. The minimum atomic E-state index is -0.579. The van der Waals surface area contributed by atoms with Crippen LogP contribution in [0.3, 0.4) is 0 Å². The van der Waals surface area contributed by atoms with Gasteiger partial charge in [0, 0.05) is 10.6 Å². The first-order chi connectivity index (χ1) is 13.9. The molecule has 0 fully saturated rings. The van der Waals surface area contributed by atoms with Gasteiger partial charge in [-0.25, -0.2) is 10.2 Å². The molecule has 0 radical (unpaired) electrons. The van der Waals surface area contributed by atoms with Crippen LogP contribution >= 0.6 is 34.8 Å². The van der Waals surface area contributed by atoms with E-state index in [4.69, 9.17) is 39.5 Å². The van der Waals surface area contributed by atoms with Gasteiger partial charge in [-0.05, 0) is 48.0 Å². The minimum absolute atomic E-state index is 0.0438. The number of rotatable bonds is 5. The first kappa shape index (κ1) is 20.9. The second-order valence-electron chi connectivity index (χ2n) is 5.78. The lowest BCUT2D eigenvalue weighted by molar-refractivity contribution is 0.0734. The standard InChI is InChI=1S/C21H13Cl3N2O3/c22-16-8-4-7-15(11-16)20(27)26-25-12-13-9-17(23)19(18(24)10-13)29-21(28)14-5-2-1-3-6-14/h1-12H,(H,26,27)/b25-12-. The highest BCUT2D eigenvalue weighted by atomic mass is 35.5. The number of hydrogen-bond donors (Lipinski definition) is 1. The normalized spacial score (nSPS) is 10.7. The molecule has 0 saturated heterocycles. The summed E-state index contributed by atoms with van der Waals surface area (Å²) < 4.78 is 5.30. The molecule has 1 N–H and O–H groups in total. The molecule has 0 saturated carbocycles. The summed E-state index contributed by atoms with van der Waals surface area (Å²) in [7, 11) is 0. The molecule has 1 amide bonds. The average Bonchev–Trinajstić information content (AvgIpc) is 2.71. The maximum absolute atomic E-state index is 12.2. The minimum Gasteiger partial charge on any atom is -0.420 e. The summed E-state index contributed by atoms with van der Waals surface area (Å²) in [6.45, 7) is 0. The zero-order valence-electron chi connectivity index (χ0n) is 14.7. The Bertz CT molecular complexity index is 1060. The van der Waals surface area contributed by atoms with E-state index in [2.05, 4.69) is 10.5 Å². The second kappa shape index (κ2) is 9.56. The molecule has 5 nitrogen and oxygen atoms in total. The van der Waals surface area contributed by atoms with Crippen molar-refractivity contribution in [2.45, 2.75) is 0 Å². The van der Waals surface area contributed by atoms with Crippen molar-refractivity contribution >= 4 is 52.9 Å². The summed E-state index contributed by atoms with van der Waals surface area (Å²) in [5.41, 5.74) is 3.63. The quantitative estimate of drug-likeness (QED) is 0.238. The Kier molecular flexibility index (Phi) is 6.88. The van der Waals surface area contributed by atoms with Crippen LogP contribution in [0.5, 0.6) is 5.75 Å². The summed E-state index contributed by atoms with van der Waals surface area (Å²) in [5.74, 6) is -0.957. The number of nitrogens with zero attached hydrogens (tertiary/aromatic N) is 1. The highest BCUT2D eigenvalue weighted by Gasteiger charge is 2.15. The van der Waals surface area contributed by atoms with E-state index < -0.39 is 11.9 Å². The van der Waals surface area contributed by atoms with Gasteiger partial charge in [-0.15, -0.1) is 0 Å². The van der Waals surface area contributed by atoms with Crippen molar-refractivity contribution in [2.75, 3.05) is 0 Å². The monoisotopic (exact) mass is 446 g/mol. The van der Waals surface area contributed by atoms with Crippen LogP contribution in [-0.2, 0) is 0 Å². The van der Waals surface area contributed by atoms with Crippen LogP contribution in [-0.4, -0.2) is 18.1 Å². The first-order valence-electron chi connectivity index (χ1n) is 8.29. The predicted molar refractivity (Wildman–Crippen MR) is 114 cm³/mol. The molecule has 8 heteroatoms. The zero-order valence-corrected chi connectivity index (χ0v) is 17.0. The highest BCUT2D eigenvalue weighted by molar-refractivity contribution is 6.37. The van der Waals surface area contributed by atoms with E-state index in [1.54, 1.807) is 48.5 Å². The Morgan fingerprint density at radius 2 is 1.52 bits per heavy atom. The number of carbonyl (C=O) groups is 2. The Morgan fingerprint density at radius 1 is 0.862 bits per heavy atom. The van der Waals surface area contributed by atoms with Crippen LogP contribution in [0.1, 0.15) is 26.3 Å². The van der Waals surface area contributed by atoms with E-state index in [9.17, 15) is 9.59 Å². The van der Waals surface area contributed by atoms with Crippen LogP contribution in [0.2, 0.25) is 15.1 Å². The zero-order chi connectivity index (χ0) is 20.8. The molecule has 0 aliphatic carbocycles. The smallest absolute Gasteiger partial charge is 0.343 e. The molecule has 146 valence electrons. The van der Waals surface area contributed by atoms with Gasteiger partial charge in [0.15, 0.2) is 5.75 Å². The molecule has 29 heavy (non-hydrogen) atoms. The molecule has 0 aliphatic rings. The fourth-order valence-corrected chi connectivity index (χ4v) is 3.11. The van der Waals surface area contributed by atoms with E-state index >= 15 is 0 Å². The summed E-state index contributed by atoms with van der Waals surface area (Å²) >= 11 is 18.3. The van der Waals surface area contributed by atoms with Crippen molar-refractivity contribution in [1.29, 1.82) is 0 Å². The molecule has 0 unspecified atom stereocenters. The van der Waals surface area contributed by atoms with Gasteiger partial charge in [-0.2, -0.15) is 5.10 Å². The van der Waals surface area contributed by atoms with Gasteiger partial charge in [0.25, 0.3) is 5.91 Å². The molecular weight excluding hydrogens is 435 g/mol. The molecule has 0 heterocycles. The topological polar surface area (TPSA) is 67.8 Å². The lowest BCUT2D eigenvalue weighted by atomic mass is 10.2. The number of hydrazone groups is 1. The maximum atomic E-state index is 12.2. The Balaban J connectivity index is 1.69. The van der Waals surface area contributed by atoms with Crippen molar-refractivity contribution in [2.24, 2.45) is 5.10 Å². The van der Waals surface area contributed by atoms with Crippen LogP contribution in [0, 0.1) is 0 Å². The molecule has 0 aromatic heterocycles. The fraction of sp³-hybridized carbons (Fsp3) is 0. The third-order valence-electron chi connectivity index (χ3n) is 3.69. The number of nitrogens with one attached hydrogen (secondary N) is 1. The Hall–Kier alpha value is -2.86. The van der Waals surface area contributed by atoms with Gasteiger partial charge in [-0.3, -0.25) is 4.79 Å². The molecular formula is C21H13Cl3N2O3. The number of hydrogen-bond acceptors (Lipinski definition) is 4. The number of esters is 1. The summed E-state index contributed by atoms with van der Waals surface area (Å²) in [4.78, 5) is 24.2. The lowest BCUT2D eigenvalue weighted by Crippen LogP contribution is -2.17. The summed E-state index contributed by atoms with van der Waals surface area (Å²) in [5, 5.41) is 4.58. The van der Waals surface area contributed by atoms with E-state index in [0.29, 0.717) is 21.7 Å². The number of amides is 1. The van der Waals surface area contributed by atoms with Crippen molar-refractivity contribution < 1.29 is 14.3 Å². The SMILES string of the molecule is O=C(N/N=C\c1cc(Cl)c(OC(=O)c2ccccc2)c(Cl)c1)c1cccc(Cl)c1. The maximum Gasteiger partial charge on any atom is 0.343 e. The third kappa shape index (κ3) is 5.57. The second-order valence-corrected chi connectivity index (χ2v) is 7.03. The van der Waals surface area contributed by atoms with Crippen molar-refractivity contribution in [3.8, 4) is 5.75 Å². The molecule has 0 bridgehead atoms. The average molecular weight is 448 g/mol. The molecule has 3 rings (SSSR count). The molecule has 3 aromatic rings. The number of halogens is 3. The highest BCUT2D eigenvalue weighted by Crippen LogP contribution is 2.34. The van der Waals surface area contributed by atoms with Gasteiger partial charge in [0.1, 0.15) is 0 Å². The molecule has 0 spiro atoms. The number of benzene rings is 3. The third-order valence-corrected chi connectivity index (χ3v) is 4.49. The first-order valence-corrected chi connectivity index (χ1v) is 9.42. The van der Waals surface area contributed by atoms with Gasteiger partial charge in [-0.1, -0.05) is 59.1 Å². The molecule has 3 aromatic carbocycles. The number of ether oxygens (including phenoxy) is 1. The van der Waals surface area contributed by atoms with Crippen molar-refractivity contribution in [3.63, 3.8) is 0 Å². The van der Waals surface area contributed by atoms with Crippen LogP contribution < -0.4 is 10.2 Å². The largest absolute Gasteiger partial charge is 0.420 e. The molecule has 0 atom stereocenters. The van der Waals surface area contributed by atoms with Gasteiger partial charge >= 0.3 is 5.97 Å². The van der Waals surface area contributed by atoms with Crippen LogP contribution in [0.25, 0.3) is 0 Å². The fourth-order valence-electron chi connectivity index (χ4n) is 2.34. The Labute approximate surface area is 181 Å². The van der Waals surface area contributed by atoms with Crippen LogP contribution in [0.15, 0.2) is 71.8 Å². The van der Waals surface area contributed by atoms with Gasteiger partial charge in [0.2, 0.25) is 0 Å². The van der Waals surface area contributed by atoms with E-state index in [1.807, 2.05) is 0 Å². The summed E-state index contributed by atoms with van der Waals surface area (Å²) in [6.07, 6.45) is 1.36. The predicted octanol–water partition coefficient (Wildman–Crippen LogP) is 5.63.